The van der Waals surface area contributed by atoms with Gasteiger partial charge in [-0.1, -0.05) is 5.16 Å². The van der Waals surface area contributed by atoms with E-state index in [0.717, 1.165) is 12.1 Å². The van der Waals surface area contributed by atoms with E-state index in [-0.39, 0.29) is 40.0 Å². The van der Waals surface area contributed by atoms with Crippen molar-refractivity contribution in [1.29, 1.82) is 0 Å². The SMILES string of the molecule is Nc1nc(/C(=N/OC2(C(=O)O)CCC2)C(=O)N[C@H]2CON(C3(C(=O)O)CC(N4C(=O)c5cc(O)c(O)cc5C4=O)C(=O)O3)C2=O)ns1. The summed E-state index contributed by atoms with van der Waals surface area (Å²) in [4.78, 5) is 105. The molecule has 0 spiro atoms. The molecule has 246 valence electrons. The smallest absolute Gasteiger partial charge is 0.372 e. The topological polar surface area (TPSA) is 311 Å². The van der Waals surface area contributed by atoms with E-state index in [1.807, 2.05) is 0 Å². The maximum absolute atomic E-state index is 13.4. The van der Waals surface area contributed by atoms with Gasteiger partial charge < -0.3 is 41.1 Å². The van der Waals surface area contributed by atoms with Crippen molar-refractivity contribution in [2.24, 2.45) is 5.16 Å². The first-order chi connectivity index (χ1) is 22.2. The molecular weight excluding hydrogens is 654 g/mol. The van der Waals surface area contributed by atoms with E-state index in [4.69, 9.17) is 20.1 Å². The second-order valence-corrected chi connectivity index (χ2v) is 11.5. The Bertz CT molecular complexity index is 1780. The number of carboxylic acid groups (broad SMARTS) is 2. The summed E-state index contributed by atoms with van der Waals surface area (Å²) in [5.74, 6) is -11.1. The number of benzene rings is 1. The summed E-state index contributed by atoms with van der Waals surface area (Å²) in [7, 11) is 0. The summed E-state index contributed by atoms with van der Waals surface area (Å²) in [5, 5.41) is 45.2. The third-order valence-electron chi connectivity index (χ3n) is 7.90. The molecule has 47 heavy (non-hydrogen) atoms. The van der Waals surface area contributed by atoms with Gasteiger partial charge in [-0.2, -0.15) is 14.4 Å². The number of rotatable bonds is 9. The zero-order valence-corrected chi connectivity index (χ0v) is 24.3. The zero-order chi connectivity index (χ0) is 34.0. The Hall–Kier alpha value is -5.90. The molecule has 2 saturated heterocycles. The minimum absolute atomic E-state index is 0.0868. The molecule has 3 atom stereocenters. The van der Waals surface area contributed by atoms with Gasteiger partial charge in [-0.25, -0.2) is 14.4 Å². The number of anilines is 1. The van der Waals surface area contributed by atoms with Gasteiger partial charge in [-0.05, 0) is 18.6 Å². The molecule has 1 aromatic heterocycles. The minimum atomic E-state index is -2.92. The van der Waals surface area contributed by atoms with Crippen LogP contribution in [0.3, 0.4) is 0 Å². The number of ether oxygens (including phenoxy) is 1. The van der Waals surface area contributed by atoms with Crippen molar-refractivity contribution < 1.29 is 68.4 Å². The third kappa shape index (κ3) is 4.80. The monoisotopic (exact) mass is 675 g/mol. The summed E-state index contributed by atoms with van der Waals surface area (Å²) in [6.07, 6.45) is -0.289. The number of fused-ring (bicyclic) bond motifs is 1. The summed E-state index contributed by atoms with van der Waals surface area (Å²) in [6, 6.07) is -1.94. The van der Waals surface area contributed by atoms with Crippen molar-refractivity contribution in [3.05, 3.63) is 29.1 Å². The number of nitrogens with one attached hydrogen (secondary N) is 1. The lowest BCUT2D eigenvalue weighted by atomic mass is 9.80. The average molecular weight is 676 g/mol. The third-order valence-corrected chi connectivity index (χ3v) is 8.45. The molecular formula is C25H21N7O14S. The molecule has 22 heteroatoms. The maximum atomic E-state index is 13.4. The van der Waals surface area contributed by atoms with Gasteiger partial charge in [0.2, 0.25) is 17.1 Å². The number of hydrogen-bond donors (Lipinski definition) is 6. The van der Waals surface area contributed by atoms with Gasteiger partial charge in [0.1, 0.15) is 18.7 Å². The fourth-order valence-electron chi connectivity index (χ4n) is 5.25. The molecule has 4 aliphatic rings. The molecule has 7 N–H and O–H groups in total. The zero-order valence-electron chi connectivity index (χ0n) is 23.4. The highest BCUT2D eigenvalue weighted by atomic mass is 32.1. The molecule has 4 heterocycles. The van der Waals surface area contributed by atoms with Crippen LogP contribution in [0.4, 0.5) is 5.13 Å². The first-order valence-electron chi connectivity index (χ1n) is 13.5. The van der Waals surface area contributed by atoms with Crippen molar-refractivity contribution in [2.75, 3.05) is 12.3 Å². The number of nitrogens with two attached hydrogens (primary N) is 1. The van der Waals surface area contributed by atoms with Crippen LogP contribution in [0.2, 0.25) is 0 Å². The highest BCUT2D eigenvalue weighted by molar-refractivity contribution is 7.09. The number of aliphatic carboxylic acids is 2. The number of imide groups is 1. The van der Waals surface area contributed by atoms with E-state index in [2.05, 4.69) is 19.8 Å². The quantitative estimate of drug-likeness (QED) is 0.0545. The first-order valence-corrected chi connectivity index (χ1v) is 14.2. The number of cyclic esters (lactones) is 1. The Kier molecular flexibility index (Phi) is 7.19. The number of esters is 1. The number of carbonyl (C=O) groups excluding carboxylic acids is 5. The van der Waals surface area contributed by atoms with Gasteiger partial charge in [0.15, 0.2) is 16.6 Å². The molecule has 3 aliphatic heterocycles. The van der Waals surface area contributed by atoms with E-state index < -0.39 is 95.2 Å². The van der Waals surface area contributed by atoms with Crippen LogP contribution in [0.5, 0.6) is 11.5 Å². The minimum Gasteiger partial charge on any atom is -0.504 e. The predicted octanol–water partition coefficient (Wildman–Crippen LogP) is -2.09. The summed E-state index contributed by atoms with van der Waals surface area (Å²) in [5.41, 5.74) is -0.448. The standard InChI is InChI=1S/C25H21N7O14S/c26-23-28-15(30-47-23)14(29-46-24(21(40)41)2-1-3-24)16(35)27-10-7-44-32(19(10)38)25(22(42)43)6-11(20(39)45-25)31-17(36)8-4-12(33)13(34)5-9(8)18(31)37/h4-5,10-11,33-34H,1-3,6-7H2,(H,27,35)(H,40,41)(H,42,43)(H2,26,28,30)/b29-14-/t10-,11?,25?/m0/s1. The van der Waals surface area contributed by atoms with Crippen LogP contribution in [0, 0.1) is 0 Å². The van der Waals surface area contributed by atoms with Crippen molar-refractivity contribution in [1.82, 2.24) is 24.6 Å². The summed E-state index contributed by atoms with van der Waals surface area (Å²) >= 11 is 0.675. The Morgan fingerprint density at radius 1 is 1.06 bits per heavy atom. The lowest BCUT2D eigenvalue weighted by Gasteiger charge is -2.34. The lowest BCUT2D eigenvalue weighted by Crippen LogP contribution is -2.57. The predicted molar refractivity (Wildman–Crippen MR) is 146 cm³/mol. The highest BCUT2D eigenvalue weighted by Gasteiger charge is 2.65. The molecule has 2 unspecified atom stereocenters. The van der Waals surface area contributed by atoms with Crippen LogP contribution >= 0.6 is 11.5 Å². The van der Waals surface area contributed by atoms with E-state index in [1.54, 1.807) is 0 Å². The highest BCUT2D eigenvalue weighted by Crippen LogP contribution is 2.41. The van der Waals surface area contributed by atoms with Crippen LogP contribution < -0.4 is 11.1 Å². The van der Waals surface area contributed by atoms with Gasteiger partial charge in [0.05, 0.1) is 17.5 Å². The Morgan fingerprint density at radius 2 is 1.70 bits per heavy atom. The number of hydrogen-bond acceptors (Lipinski definition) is 17. The fourth-order valence-corrected chi connectivity index (χ4v) is 5.69. The van der Waals surface area contributed by atoms with Crippen molar-refractivity contribution in [3.63, 3.8) is 0 Å². The van der Waals surface area contributed by atoms with Gasteiger partial charge in [-0.15, -0.1) is 0 Å². The molecule has 4 amide bonds. The van der Waals surface area contributed by atoms with Gasteiger partial charge in [-0.3, -0.25) is 28.9 Å². The summed E-state index contributed by atoms with van der Waals surface area (Å²) in [6.45, 7) is -0.701. The average Bonchev–Trinajstić information content (AvgIpc) is 3.72. The molecule has 2 aromatic rings. The molecule has 21 nitrogen and oxygen atoms in total. The van der Waals surface area contributed by atoms with Crippen LogP contribution in [0.15, 0.2) is 17.3 Å². The second-order valence-electron chi connectivity index (χ2n) is 10.7. The number of carboxylic acids is 2. The number of aromatic nitrogens is 2. The van der Waals surface area contributed by atoms with Crippen molar-refractivity contribution in [2.45, 2.75) is 49.1 Å². The Labute approximate surface area is 264 Å². The van der Waals surface area contributed by atoms with Crippen molar-refractivity contribution >= 4 is 63.9 Å². The number of phenolic OH excluding ortho intramolecular Hbond substituents is 2. The molecule has 1 saturated carbocycles. The number of carbonyl (C=O) groups is 7. The molecule has 3 fully saturated rings. The van der Waals surface area contributed by atoms with E-state index in [1.165, 1.54) is 0 Å². The first kappa shape index (κ1) is 31.1. The molecule has 0 radical (unpaired) electrons. The van der Waals surface area contributed by atoms with Gasteiger partial charge in [0.25, 0.3) is 23.6 Å². The Morgan fingerprint density at radius 3 is 2.21 bits per heavy atom. The number of aromatic hydroxyl groups is 2. The maximum Gasteiger partial charge on any atom is 0.372 e. The molecule has 1 aliphatic carbocycles. The van der Waals surface area contributed by atoms with Crippen LogP contribution in [-0.2, 0) is 38.4 Å². The fraction of sp³-hybridized carbons (Fsp3) is 0.360. The van der Waals surface area contributed by atoms with Crippen LogP contribution in [0.1, 0.15) is 52.2 Å². The van der Waals surface area contributed by atoms with Crippen LogP contribution in [-0.4, -0.2) is 117 Å². The number of phenols is 2. The van der Waals surface area contributed by atoms with E-state index >= 15 is 0 Å². The summed E-state index contributed by atoms with van der Waals surface area (Å²) < 4.78 is 8.94. The van der Waals surface area contributed by atoms with E-state index in [0.29, 0.717) is 22.9 Å². The molecule has 1 aromatic carbocycles. The normalized spacial score (nSPS) is 25.0. The number of amides is 4. The van der Waals surface area contributed by atoms with Gasteiger partial charge in [0, 0.05) is 24.4 Å². The Balaban J connectivity index is 1.22. The van der Waals surface area contributed by atoms with E-state index in [9.17, 15) is 54.0 Å². The number of nitrogen functional groups attached to an aromatic ring is 1. The lowest BCUT2D eigenvalue weighted by molar-refractivity contribution is -0.256. The second kappa shape index (κ2) is 10.9. The molecule has 6 rings (SSSR count). The number of nitrogens with zero attached hydrogens (tertiary/aromatic N) is 5. The van der Waals surface area contributed by atoms with Crippen molar-refractivity contribution in [3.8, 4) is 11.5 Å². The number of hydroxylamine groups is 2. The van der Waals surface area contributed by atoms with Gasteiger partial charge >= 0.3 is 23.6 Å². The number of oxime groups is 1. The molecule has 0 bridgehead atoms. The van der Waals surface area contributed by atoms with Crippen LogP contribution in [0.25, 0.3) is 0 Å². The largest absolute Gasteiger partial charge is 0.504 e.